The van der Waals surface area contributed by atoms with Crippen LogP contribution in [0.2, 0.25) is 0 Å². The number of ether oxygens (including phenoxy) is 1. The van der Waals surface area contributed by atoms with Gasteiger partial charge < -0.3 is 4.74 Å². The summed E-state index contributed by atoms with van der Waals surface area (Å²) in [5.74, 6) is 2.08. The van der Waals surface area contributed by atoms with Gasteiger partial charge in [0, 0.05) is 5.75 Å². The maximum atomic E-state index is 12.4. The lowest BCUT2D eigenvalue weighted by Crippen LogP contribution is -2.30. The molecule has 1 aromatic heterocycles. The van der Waals surface area contributed by atoms with Gasteiger partial charge >= 0.3 is 0 Å². The molecule has 5 nitrogen and oxygen atoms in total. The van der Waals surface area contributed by atoms with Crippen molar-refractivity contribution in [3.63, 3.8) is 0 Å². The monoisotopic (exact) mass is 379 g/mol. The van der Waals surface area contributed by atoms with Gasteiger partial charge in [-0.05, 0) is 56.4 Å². The Balaban J connectivity index is 1.97. The number of hydrogen-bond acceptors (Lipinski definition) is 6. The molecule has 0 spiro atoms. The average Bonchev–Trinajstić information content (AvgIpc) is 2.97. The lowest BCUT2D eigenvalue weighted by atomic mass is 10.1. The van der Waals surface area contributed by atoms with Crippen LogP contribution in [0.3, 0.4) is 0 Å². The number of aryl methyl sites for hydroxylation is 2. The molecule has 1 amide bonds. The van der Waals surface area contributed by atoms with Crippen molar-refractivity contribution >= 4 is 34.1 Å². The van der Waals surface area contributed by atoms with Gasteiger partial charge in [0.05, 0.1) is 0 Å². The Bertz CT molecular complexity index is 744. The standard InChI is InChI=1S/C18H25N3O2S2/c1-10(2)9-24-18-21-20-17(25-18)19-16(22)14(6)23-15-8-11(3)7-12(4)13(15)5/h7-8,10,14H,9H2,1-6H3,(H,19,20,22). The molecular weight excluding hydrogens is 354 g/mol. The highest BCUT2D eigenvalue weighted by Crippen LogP contribution is 2.28. The molecule has 1 unspecified atom stereocenters. The van der Waals surface area contributed by atoms with Gasteiger partial charge in [-0.3, -0.25) is 10.1 Å². The summed E-state index contributed by atoms with van der Waals surface area (Å²) >= 11 is 3.04. The number of carbonyl (C=O) groups excluding carboxylic acids is 1. The topological polar surface area (TPSA) is 64.1 Å². The summed E-state index contributed by atoms with van der Waals surface area (Å²) in [6.45, 7) is 12.1. The molecule has 2 rings (SSSR count). The summed E-state index contributed by atoms with van der Waals surface area (Å²) in [5.41, 5.74) is 3.31. The number of nitrogens with one attached hydrogen (secondary N) is 1. The summed E-state index contributed by atoms with van der Waals surface area (Å²) in [7, 11) is 0. The highest BCUT2D eigenvalue weighted by molar-refractivity contribution is 8.01. The van der Waals surface area contributed by atoms with E-state index in [1.54, 1.807) is 18.7 Å². The second-order valence-electron chi connectivity index (χ2n) is 6.53. The second-order valence-corrected chi connectivity index (χ2v) is 8.78. The number of carbonyl (C=O) groups is 1. The van der Waals surface area contributed by atoms with Gasteiger partial charge in [0.25, 0.3) is 5.91 Å². The Hall–Kier alpha value is -1.60. The first-order chi connectivity index (χ1) is 11.8. The first-order valence-corrected chi connectivity index (χ1v) is 10.1. The zero-order valence-electron chi connectivity index (χ0n) is 15.5. The molecule has 0 saturated carbocycles. The van der Waals surface area contributed by atoms with Crippen LogP contribution in [0, 0.1) is 26.7 Å². The van der Waals surface area contributed by atoms with E-state index in [-0.39, 0.29) is 5.91 Å². The van der Waals surface area contributed by atoms with Crippen molar-refractivity contribution in [3.8, 4) is 5.75 Å². The molecule has 0 bridgehead atoms. The van der Waals surface area contributed by atoms with Gasteiger partial charge in [0.2, 0.25) is 5.13 Å². The first-order valence-electron chi connectivity index (χ1n) is 8.28. The van der Waals surface area contributed by atoms with Gasteiger partial charge in [-0.25, -0.2) is 0 Å². The fraction of sp³-hybridized carbons (Fsp3) is 0.500. The number of hydrogen-bond donors (Lipinski definition) is 1. The van der Waals surface area contributed by atoms with Crippen LogP contribution in [0.5, 0.6) is 5.75 Å². The number of benzene rings is 1. The van der Waals surface area contributed by atoms with E-state index < -0.39 is 6.10 Å². The molecule has 1 atom stereocenters. The molecule has 0 aliphatic carbocycles. The molecule has 136 valence electrons. The Morgan fingerprint density at radius 1 is 1.24 bits per heavy atom. The minimum absolute atomic E-state index is 0.227. The van der Waals surface area contributed by atoms with Gasteiger partial charge in [-0.1, -0.05) is 43.0 Å². The van der Waals surface area contributed by atoms with E-state index in [0.717, 1.165) is 32.5 Å². The zero-order chi connectivity index (χ0) is 18.6. The first kappa shape index (κ1) is 19.7. The number of anilines is 1. The van der Waals surface area contributed by atoms with E-state index in [1.165, 1.54) is 11.3 Å². The molecule has 0 aliphatic heterocycles. The molecule has 1 N–H and O–H groups in total. The molecule has 2 aromatic rings. The SMILES string of the molecule is Cc1cc(C)c(C)c(OC(C)C(=O)Nc2nnc(SCC(C)C)s2)c1. The van der Waals surface area contributed by atoms with Crippen molar-refractivity contribution < 1.29 is 9.53 Å². The van der Waals surface area contributed by atoms with Gasteiger partial charge in [0.15, 0.2) is 10.4 Å². The average molecular weight is 380 g/mol. The normalized spacial score (nSPS) is 12.3. The number of aromatic nitrogens is 2. The van der Waals surface area contributed by atoms with Crippen LogP contribution in [0.1, 0.15) is 37.5 Å². The summed E-state index contributed by atoms with van der Waals surface area (Å²) in [6, 6.07) is 4.06. The number of rotatable bonds is 7. The molecule has 0 radical (unpaired) electrons. The molecule has 7 heteroatoms. The Morgan fingerprint density at radius 3 is 2.64 bits per heavy atom. The summed E-state index contributed by atoms with van der Waals surface area (Å²) in [6.07, 6.45) is -0.615. The minimum atomic E-state index is -0.615. The van der Waals surface area contributed by atoms with Crippen LogP contribution in [0.4, 0.5) is 5.13 Å². The minimum Gasteiger partial charge on any atom is -0.481 e. The van der Waals surface area contributed by atoms with Crippen molar-refractivity contribution in [1.29, 1.82) is 0 Å². The van der Waals surface area contributed by atoms with Crippen LogP contribution in [0.25, 0.3) is 0 Å². The van der Waals surface area contributed by atoms with Crippen molar-refractivity contribution in [2.75, 3.05) is 11.1 Å². The number of amides is 1. The molecule has 0 aliphatic rings. The largest absolute Gasteiger partial charge is 0.481 e. The molecule has 0 saturated heterocycles. The van der Waals surface area contributed by atoms with E-state index >= 15 is 0 Å². The Labute approximate surface area is 157 Å². The van der Waals surface area contributed by atoms with Crippen molar-refractivity contribution in [2.24, 2.45) is 5.92 Å². The van der Waals surface area contributed by atoms with Gasteiger partial charge in [-0.2, -0.15) is 0 Å². The van der Waals surface area contributed by atoms with E-state index in [4.69, 9.17) is 4.74 Å². The summed E-state index contributed by atoms with van der Waals surface area (Å²) in [5, 5.41) is 11.4. The van der Waals surface area contributed by atoms with Crippen molar-refractivity contribution in [3.05, 3.63) is 28.8 Å². The van der Waals surface area contributed by atoms with Crippen LogP contribution < -0.4 is 10.1 Å². The summed E-state index contributed by atoms with van der Waals surface area (Å²) in [4.78, 5) is 12.4. The Morgan fingerprint density at radius 2 is 1.96 bits per heavy atom. The Kier molecular flexibility index (Phi) is 6.84. The van der Waals surface area contributed by atoms with Gasteiger partial charge in [0.1, 0.15) is 5.75 Å². The molecule has 25 heavy (non-hydrogen) atoms. The highest BCUT2D eigenvalue weighted by atomic mass is 32.2. The van der Waals surface area contributed by atoms with Crippen LogP contribution in [-0.4, -0.2) is 28.0 Å². The number of thioether (sulfide) groups is 1. The molecule has 1 aromatic carbocycles. The molecular formula is C18H25N3O2S2. The number of nitrogens with zero attached hydrogens (tertiary/aromatic N) is 2. The second kappa shape index (κ2) is 8.67. The van der Waals surface area contributed by atoms with Crippen LogP contribution >= 0.6 is 23.1 Å². The predicted molar refractivity (Wildman–Crippen MR) is 105 cm³/mol. The maximum absolute atomic E-state index is 12.4. The fourth-order valence-electron chi connectivity index (χ4n) is 2.13. The lowest BCUT2D eigenvalue weighted by Gasteiger charge is -2.17. The molecule has 1 heterocycles. The van der Waals surface area contributed by atoms with E-state index in [0.29, 0.717) is 11.0 Å². The van der Waals surface area contributed by atoms with Crippen molar-refractivity contribution in [1.82, 2.24) is 10.2 Å². The van der Waals surface area contributed by atoms with Gasteiger partial charge in [-0.15, -0.1) is 10.2 Å². The molecule has 0 fully saturated rings. The predicted octanol–water partition coefficient (Wildman–Crippen LogP) is 4.62. The highest BCUT2D eigenvalue weighted by Gasteiger charge is 2.18. The van der Waals surface area contributed by atoms with Crippen LogP contribution in [0.15, 0.2) is 16.5 Å². The lowest BCUT2D eigenvalue weighted by molar-refractivity contribution is -0.122. The quantitative estimate of drug-likeness (QED) is 0.562. The van der Waals surface area contributed by atoms with E-state index in [2.05, 4.69) is 35.4 Å². The maximum Gasteiger partial charge on any atom is 0.266 e. The fourth-order valence-corrected chi connectivity index (χ4v) is 3.86. The third-order valence-corrected chi connectivity index (χ3v) is 6.01. The zero-order valence-corrected chi connectivity index (χ0v) is 17.2. The smallest absolute Gasteiger partial charge is 0.266 e. The van der Waals surface area contributed by atoms with E-state index in [1.807, 2.05) is 26.8 Å². The van der Waals surface area contributed by atoms with Crippen molar-refractivity contribution in [2.45, 2.75) is 52.0 Å². The van der Waals surface area contributed by atoms with Crippen LogP contribution in [-0.2, 0) is 4.79 Å². The summed E-state index contributed by atoms with van der Waals surface area (Å²) < 4.78 is 6.73. The third-order valence-electron chi connectivity index (χ3n) is 3.61. The van der Waals surface area contributed by atoms with E-state index in [9.17, 15) is 4.79 Å². The third kappa shape index (κ3) is 5.71.